The zero-order valence-corrected chi connectivity index (χ0v) is 20.5. The number of aromatic amines is 1. The van der Waals surface area contributed by atoms with Crippen molar-refractivity contribution in [1.29, 1.82) is 5.26 Å². The minimum Gasteiger partial charge on any atom is -0.496 e. The van der Waals surface area contributed by atoms with Crippen LogP contribution >= 0.6 is 23.2 Å². The summed E-state index contributed by atoms with van der Waals surface area (Å²) in [5, 5.41) is 14.5. The van der Waals surface area contributed by atoms with Gasteiger partial charge in [-0.15, -0.1) is 0 Å². The molecule has 0 saturated heterocycles. The van der Waals surface area contributed by atoms with Crippen molar-refractivity contribution in [3.63, 3.8) is 0 Å². The first kappa shape index (κ1) is 24.8. The minimum atomic E-state index is -0.561. The van der Waals surface area contributed by atoms with Crippen LogP contribution in [0.15, 0.2) is 76.6 Å². The summed E-state index contributed by atoms with van der Waals surface area (Å²) < 4.78 is 11.3. The molecule has 1 aromatic heterocycles. The topological polar surface area (TPSA) is 112 Å². The normalized spacial score (nSPS) is 10.7. The molecule has 1 heterocycles. The number of rotatable bonds is 8. The summed E-state index contributed by atoms with van der Waals surface area (Å²) in [4.78, 5) is 19.3. The first-order valence-electron chi connectivity index (χ1n) is 10.6. The number of nitriles is 1. The van der Waals surface area contributed by atoms with Crippen LogP contribution in [-0.4, -0.2) is 23.3 Å². The van der Waals surface area contributed by atoms with Crippen LogP contribution in [0.2, 0.25) is 10.0 Å². The third kappa shape index (κ3) is 5.84. The van der Waals surface area contributed by atoms with Gasteiger partial charge in [-0.3, -0.25) is 9.78 Å². The van der Waals surface area contributed by atoms with Gasteiger partial charge in [0.25, 0.3) is 5.56 Å². The fourth-order valence-corrected chi connectivity index (χ4v) is 3.81. The molecule has 36 heavy (non-hydrogen) atoms. The summed E-state index contributed by atoms with van der Waals surface area (Å²) in [6.07, 6.45) is 1.55. The molecule has 0 aliphatic rings. The Bertz CT molecular complexity index is 1510. The second-order valence-electron chi connectivity index (χ2n) is 7.42. The molecule has 10 heteroatoms. The summed E-state index contributed by atoms with van der Waals surface area (Å²) in [5.41, 5.74) is 4.50. The van der Waals surface area contributed by atoms with Gasteiger partial charge in [0.1, 0.15) is 29.7 Å². The second kappa shape index (κ2) is 11.4. The molecular formula is C26H19Cl2N5O3. The molecule has 8 nitrogen and oxygen atoms in total. The van der Waals surface area contributed by atoms with E-state index in [1.54, 1.807) is 61.9 Å². The van der Waals surface area contributed by atoms with Crippen molar-refractivity contribution >= 4 is 35.4 Å². The molecule has 0 fully saturated rings. The lowest BCUT2D eigenvalue weighted by atomic mass is 10.1. The van der Waals surface area contributed by atoms with Crippen molar-refractivity contribution < 1.29 is 9.47 Å². The number of hydrazone groups is 1. The molecule has 2 N–H and O–H groups in total. The maximum atomic E-state index is 12.4. The van der Waals surface area contributed by atoms with E-state index in [-0.39, 0.29) is 23.8 Å². The molecule has 0 aliphatic heterocycles. The molecule has 0 amide bonds. The molecule has 4 aromatic rings. The van der Waals surface area contributed by atoms with Crippen LogP contribution in [0.1, 0.15) is 16.7 Å². The van der Waals surface area contributed by atoms with Gasteiger partial charge in [-0.05, 0) is 42.0 Å². The third-order valence-corrected chi connectivity index (χ3v) is 5.57. The van der Waals surface area contributed by atoms with E-state index in [0.717, 1.165) is 11.1 Å². The number of H-pyrrole nitrogens is 1. The molecule has 4 rings (SSSR count). The quantitative estimate of drug-likeness (QED) is 0.229. The zero-order chi connectivity index (χ0) is 25.5. The number of nitrogens with one attached hydrogen (secondary N) is 2. The number of hydrogen-bond acceptors (Lipinski definition) is 7. The fraction of sp³-hybridized carbons (Fsp3) is 0.0769. The lowest BCUT2D eigenvalue weighted by Crippen LogP contribution is -2.16. The van der Waals surface area contributed by atoms with Crippen LogP contribution in [0, 0.1) is 11.3 Å². The maximum Gasteiger partial charge on any atom is 0.270 e. The van der Waals surface area contributed by atoms with Crippen LogP contribution in [-0.2, 0) is 6.61 Å². The number of nitrogens with zero attached hydrogens (tertiary/aromatic N) is 3. The SMILES string of the molecule is COc1ccc(C=NNc2nc(-c3ccccc3)c(C#N)c(=O)[nH]2)cc1COc1ccc(Cl)cc1Cl. The third-order valence-electron chi connectivity index (χ3n) is 5.04. The van der Waals surface area contributed by atoms with Crippen LogP contribution in [0.25, 0.3) is 11.3 Å². The van der Waals surface area contributed by atoms with E-state index in [0.29, 0.717) is 27.1 Å². The zero-order valence-electron chi connectivity index (χ0n) is 19.0. The first-order valence-corrected chi connectivity index (χ1v) is 11.4. The number of methoxy groups -OCH3 is 1. The highest BCUT2D eigenvalue weighted by Crippen LogP contribution is 2.29. The summed E-state index contributed by atoms with van der Waals surface area (Å²) in [5.74, 6) is 1.23. The molecule has 0 spiro atoms. The van der Waals surface area contributed by atoms with Gasteiger partial charge in [-0.1, -0.05) is 53.5 Å². The van der Waals surface area contributed by atoms with E-state index < -0.39 is 5.56 Å². The number of ether oxygens (including phenoxy) is 2. The minimum absolute atomic E-state index is 0.0729. The molecule has 0 unspecified atom stereocenters. The summed E-state index contributed by atoms with van der Waals surface area (Å²) in [7, 11) is 1.57. The van der Waals surface area contributed by atoms with Crippen molar-refractivity contribution in [3.8, 4) is 28.8 Å². The van der Waals surface area contributed by atoms with Gasteiger partial charge >= 0.3 is 0 Å². The molecule has 3 aromatic carbocycles. The Morgan fingerprint density at radius 3 is 2.61 bits per heavy atom. The van der Waals surface area contributed by atoms with Gasteiger partial charge in [0.2, 0.25) is 5.95 Å². The Morgan fingerprint density at radius 1 is 1.11 bits per heavy atom. The van der Waals surface area contributed by atoms with E-state index in [2.05, 4.69) is 20.5 Å². The Labute approximate surface area is 216 Å². The smallest absolute Gasteiger partial charge is 0.270 e. The van der Waals surface area contributed by atoms with Crippen molar-refractivity contribution in [2.75, 3.05) is 12.5 Å². The lowest BCUT2D eigenvalue weighted by Gasteiger charge is -2.12. The predicted octanol–water partition coefficient (Wildman–Crippen LogP) is 5.65. The second-order valence-corrected chi connectivity index (χ2v) is 8.26. The molecule has 180 valence electrons. The average molecular weight is 520 g/mol. The van der Waals surface area contributed by atoms with Crippen LogP contribution in [0.5, 0.6) is 11.5 Å². The van der Waals surface area contributed by atoms with Crippen LogP contribution in [0.3, 0.4) is 0 Å². The monoisotopic (exact) mass is 519 g/mol. The van der Waals surface area contributed by atoms with Crippen molar-refractivity contribution in [1.82, 2.24) is 9.97 Å². The number of aromatic nitrogens is 2. The van der Waals surface area contributed by atoms with Gasteiger partial charge in [-0.25, -0.2) is 10.4 Å². The first-order chi connectivity index (χ1) is 17.5. The number of benzene rings is 3. The molecule has 0 aliphatic carbocycles. The molecule has 0 atom stereocenters. The molecule has 0 bridgehead atoms. The number of anilines is 1. The van der Waals surface area contributed by atoms with E-state index >= 15 is 0 Å². The summed E-state index contributed by atoms with van der Waals surface area (Å²) in [6, 6.07) is 21.3. The highest BCUT2D eigenvalue weighted by atomic mass is 35.5. The van der Waals surface area contributed by atoms with Crippen molar-refractivity contribution in [3.05, 3.63) is 104 Å². The van der Waals surface area contributed by atoms with Crippen molar-refractivity contribution in [2.45, 2.75) is 6.61 Å². The molecular weight excluding hydrogens is 501 g/mol. The Balaban J connectivity index is 1.53. The van der Waals surface area contributed by atoms with Gasteiger partial charge in [0.05, 0.1) is 24.0 Å². The predicted molar refractivity (Wildman–Crippen MR) is 140 cm³/mol. The molecule has 0 radical (unpaired) electrons. The fourth-order valence-electron chi connectivity index (χ4n) is 3.34. The van der Waals surface area contributed by atoms with Crippen LogP contribution in [0.4, 0.5) is 5.95 Å². The van der Waals surface area contributed by atoms with E-state index in [9.17, 15) is 10.1 Å². The summed E-state index contributed by atoms with van der Waals surface area (Å²) >= 11 is 12.1. The Morgan fingerprint density at radius 2 is 1.89 bits per heavy atom. The van der Waals surface area contributed by atoms with E-state index in [4.69, 9.17) is 32.7 Å². The average Bonchev–Trinajstić information content (AvgIpc) is 2.88. The Hall–Kier alpha value is -4.32. The Kier molecular flexibility index (Phi) is 7.85. The van der Waals surface area contributed by atoms with E-state index in [1.165, 1.54) is 0 Å². The summed E-state index contributed by atoms with van der Waals surface area (Å²) in [6.45, 7) is 0.199. The standard InChI is InChI=1S/C26H19Cl2N5O3/c1-35-22-9-7-16(11-18(22)15-36-23-10-8-19(27)12-21(23)28)14-30-33-26-31-24(17-5-3-2-4-6-17)20(13-29)25(34)32-26/h2-12,14H,15H2,1H3,(H2,31,32,33,34). The van der Waals surface area contributed by atoms with Crippen molar-refractivity contribution in [2.24, 2.45) is 5.10 Å². The van der Waals surface area contributed by atoms with Gasteiger partial charge in [-0.2, -0.15) is 10.4 Å². The number of halogens is 2. The highest BCUT2D eigenvalue weighted by Gasteiger charge is 2.13. The van der Waals surface area contributed by atoms with Crippen LogP contribution < -0.4 is 20.5 Å². The lowest BCUT2D eigenvalue weighted by molar-refractivity contribution is 0.297. The van der Waals surface area contributed by atoms with Gasteiger partial charge in [0.15, 0.2) is 0 Å². The highest BCUT2D eigenvalue weighted by molar-refractivity contribution is 6.35. The number of hydrogen-bond donors (Lipinski definition) is 2. The van der Waals surface area contributed by atoms with E-state index in [1.807, 2.05) is 24.3 Å². The van der Waals surface area contributed by atoms with Gasteiger partial charge in [0, 0.05) is 16.1 Å². The molecule has 0 saturated carbocycles. The maximum absolute atomic E-state index is 12.4. The van der Waals surface area contributed by atoms with Gasteiger partial charge < -0.3 is 9.47 Å². The largest absolute Gasteiger partial charge is 0.496 e.